The van der Waals surface area contributed by atoms with Crippen molar-refractivity contribution in [2.24, 2.45) is 16.3 Å². The van der Waals surface area contributed by atoms with Crippen molar-refractivity contribution in [3.63, 3.8) is 0 Å². The molecule has 0 amide bonds. The van der Waals surface area contributed by atoms with Gasteiger partial charge in [-0.25, -0.2) is 0 Å². The Hall–Kier alpha value is -2.47. The SMILES string of the molecule is C/C=C1/CN2C3CC45C(=Nc6ccccc64)[C@@H]2C[C@@H]1[C@@]3(COC(C)=O)[C@@H]5OC(C)=O. The minimum Gasteiger partial charge on any atom is -0.465 e. The Balaban J connectivity index is 1.63. The van der Waals surface area contributed by atoms with Crippen molar-refractivity contribution in [3.8, 4) is 0 Å². The van der Waals surface area contributed by atoms with Gasteiger partial charge >= 0.3 is 11.9 Å². The van der Waals surface area contributed by atoms with Crippen LogP contribution < -0.4 is 0 Å². The van der Waals surface area contributed by atoms with E-state index in [9.17, 15) is 9.59 Å². The summed E-state index contributed by atoms with van der Waals surface area (Å²) in [6.07, 6.45) is 3.59. The van der Waals surface area contributed by atoms with Crippen LogP contribution in [0.5, 0.6) is 0 Å². The van der Waals surface area contributed by atoms with E-state index in [2.05, 4.69) is 30.0 Å². The molecule has 5 fully saturated rings. The lowest BCUT2D eigenvalue weighted by Gasteiger charge is -2.60. The van der Waals surface area contributed by atoms with E-state index in [0.717, 1.165) is 36.3 Å². The van der Waals surface area contributed by atoms with Crippen molar-refractivity contribution < 1.29 is 19.1 Å². The fourth-order valence-corrected chi connectivity index (χ4v) is 7.52. The van der Waals surface area contributed by atoms with Crippen LogP contribution in [0.25, 0.3) is 0 Å². The van der Waals surface area contributed by atoms with Crippen molar-refractivity contribution in [3.05, 3.63) is 41.5 Å². The number of hydrogen-bond acceptors (Lipinski definition) is 6. The van der Waals surface area contributed by atoms with Gasteiger partial charge in [0.25, 0.3) is 0 Å². The summed E-state index contributed by atoms with van der Waals surface area (Å²) in [5, 5.41) is 0. The van der Waals surface area contributed by atoms with Gasteiger partial charge in [-0.1, -0.05) is 29.8 Å². The molecule has 6 nitrogen and oxygen atoms in total. The molecule has 6 aliphatic rings. The first-order valence-electron chi connectivity index (χ1n) is 10.8. The highest BCUT2D eigenvalue weighted by atomic mass is 16.6. The summed E-state index contributed by atoms with van der Waals surface area (Å²) in [6, 6.07) is 8.70. The monoisotopic (exact) mass is 406 g/mol. The number of fused-ring (bicyclic) bond motifs is 2. The number of esters is 2. The van der Waals surface area contributed by atoms with E-state index in [1.165, 1.54) is 19.4 Å². The molecule has 7 atom stereocenters. The molecule has 4 saturated heterocycles. The lowest BCUT2D eigenvalue weighted by atomic mass is 9.59. The lowest BCUT2D eigenvalue weighted by molar-refractivity contribution is -0.177. The number of carbonyl (C=O) groups is 2. The van der Waals surface area contributed by atoms with E-state index in [0.29, 0.717) is 0 Å². The molecule has 1 aliphatic carbocycles. The van der Waals surface area contributed by atoms with Crippen molar-refractivity contribution in [1.29, 1.82) is 0 Å². The highest BCUT2D eigenvalue weighted by molar-refractivity contribution is 6.08. The minimum absolute atomic E-state index is 0.193. The van der Waals surface area contributed by atoms with E-state index in [1.54, 1.807) is 0 Å². The zero-order chi connectivity index (χ0) is 20.8. The molecule has 0 radical (unpaired) electrons. The summed E-state index contributed by atoms with van der Waals surface area (Å²) < 4.78 is 12.0. The standard InChI is InChI=1S/C24H26N2O4/c1-4-15-11-26-19-9-17(15)24(12-29-13(2)27)20(26)10-23(22(24)30-14(3)28)16-7-5-6-8-18(16)25-21(19)23/h4-8,17,19-20,22H,9-12H2,1-3H3/b15-4-/t17-,19-,20?,22+,23?,24+/m0/s1. The van der Waals surface area contributed by atoms with Gasteiger partial charge in [0, 0.05) is 26.4 Å². The Morgan fingerprint density at radius 2 is 2.07 bits per heavy atom. The molecular weight excluding hydrogens is 380 g/mol. The number of benzene rings is 1. The third kappa shape index (κ3) is 1.92. The second kappa shape index (κ2) is 5.82. The number of carbonyl (C=O) groups excluding carboxylic acids is 2. The third-order valence-corrected chi connectivity index (χ3v) is 8.37. The number of para-hydroxylation sites is 1. The predicted molar refractivity (Wildman–Crippen MR) is 111 cm³/mol. The molecule has 5 bridgehead atoms. The zero-order valence-electron chi connectivity index (χ0n) is 17.6. The molecule has 1 aromatic rings. The molecule has 1 aromatic carbocycles. The second-order valence-corrected chi connectivity index (χ2v) is 9.43. The fraction of sp³-hybridized carbons (Fsp3) is 0.542. The summed E-state index contributed by atoms with van der Waals surface area (Å²) in [6.45, 7) is 6.20. The van der Waals surface area contributed by atoms with Crippen LogP contribution >= 0.6 is 0 Å². The first-order chi connectivity index (χ1) is 14.4. The largest absolute Gasteiger partial charge is 0.465 e. The number of rotatable bonds is 3. The smallest absolute Gasteiger partial charge is 0.302 e. The second-order valence-electron chi connectivity index (χ2n) is 9.43. The van der Waals surface area contributed by atoms with Crippen LogP contribution in [0.3, 0.4) is 0 Å². The van der Waals surface area contributed by atoms with Gasteiger partial charge < -0.3 is 9.47 Å². The Morgan fingerprint density at radius 1 is 1.27 bits per heavy atom. The molecule has 0 N–H and O–H groups in total. The average Bonchev–Trinajstić information content (AvgIpc) is 3.18. The Bertz CT molecular complexity index is 1050. The van der Waals surface area contributed by atoms with Gasteiger partial charge in [0.05, 0.1) is 28.3 Å². The summed E-state index contributed by atoms with van der Waals surface area (Å²) >= 11 is 0. The van der Waals surface area contributed by atoms with Gasteiger partial charge in [-0.3, -0.25) is 19.5 Å². The molecule has 5 aliphatic heterocycles. The minimum atomic E-state index is -0.456. The Morgan fingerprint density at radius 3 is 2.80 bits per heavy atom. The number of aliphatic imine (C=N–C) groups is 1. The maximum Gasteiger partial charge on any atom is 0.302 e. The van der Waals surface area contributed by atoms with Crippen molar-refractivity contribution in [2.45, 2.75) is 57.2 Å². The number of ether oxygens (including phenoxy) is 2. The summed E-state index contributed by atoms with van der Waals surface area (Å²) in [5.74, 6) is -0.365. The van der Waals surface area contributed by atoms with E-state index >= 15 is 0 Å². The Labute approximate surface area is 175 Å². The van der Waals surface area contributed by atoms with Crippen LogP contribution in [0.15, 0.2) is 40.9 Å². The van der Waals surface area contributed by atoms with Crippen LogP contribution in [-0.4, -0.2) is 53.9 Å². The van der Waals surface area contributed by atoms with Gasteiger partial charge in [0.1, 0.15) is 12.7 Å². The number of hydrogen-bond donors (Lipinski definition) is 0. The van der Waals surface area contributed by atoms with Crippen molar-refractivity contribution >= 4 is 23.3 Å². The van der Waals surface area contributed by atoms with Crippen LogP contribution in [0.4, 0.5) is 5.69 Å². The topological polar surface area (TPSA) is 68.2 Å². The molecule has 0 aromatic heterocycles. The first-order valence-corrected chi connectivity index (χ1v) is 10.8. The summed E-state index contributed by atoms with van der Waals surface area (Å²) in [7, 11) is 0. The highest BCUT2D eigenvalue weighted by Gasteiger charge is 2.80. The third-order valence-electron chi connectivity index (χ3n) is 8.37. The van der Waals surface area contributed by atoms with E-state index in [1.807, 2.05) is 12.1 Å². The maximum atomic E-state index is 12.4. The van der Waals surface area contributed by atoms with E-state index < -0.39 is 16.9 Å². The normalized spacial score (nSPS) is 42.7. The predicted octanol–water partition coefficient (Wildman–Crippen LogP) is 2.93. The molecule has 1 saturated carbocycles. The average molecular weight is 406 g/mol. The summed E-state index contributed by atoms with van der Waals surface area (Å²) in [4.78, 5) is 32.0. The molecule has 5 heterocycles. The van der Waals surface area contributed by atoms with Gasteiger partial charge in [-0.15, -0.1) is 0 Å². The Kier molecular flexibility index (Phi) is 3.55. The molecule has 3 unspecified atom stereocenters. The molecule has 1 spiro atoms. The van der Waals surface area contributed by atoms with E-state index in [4.69, 9.17) is 14.5 Å². The van der Waals surface area contributed by atoms with Gasteiger partial charge in [-0.2, -0.15) is 0 Å². The van der Waals surface area contributed by atoms with Crippen LogP contribution in [0, 0.1) is 11.3 Å². The number of nitrogens with zero attached hydrogens (tertiary/aromatic N) is 2. The molecule has 30 heavy (non-hydrogen) atoms. The fourth-order valence-electron chi connectivity index (χ4n) is 7.52. The molecule has 7 rings (SSSR count). The van der Waals surface area contributed by atoms with Crippen LogP contribution in [-0.2, 0) is 24.5 Å². The highest BCUT2D eigenvalue weighted by Crippen LogP contribution is 2.71. The zero-order valence-corrected chi connectivity index (χ0v) is 17.6. The maximum absolute atomic E-state index is 12.4. The number of allylic oxidation sites excluding steroid dienone is 1. The lowest BCUT2D eigenvalue weighted by Crippen LogP contribution is -2.69. The van der Waals surface area contributed by atoms with Gasteiger partial charge in [0.15, 0.2) is 0 Å². The summed E-state index contributed by atoms with van der Waals surface area (Å²) in [5.41, 5.74) is 3.78. The van der Waals surface area contributed by atoms with Gasteiger partial charge in [-0.05, 0) is 37.3 Å². The number of piperidine rings is 4. The molecule has 156 valence electrons. The first kappa shape index (κ1) is 18.3. The van der Waals surface area contributed by atoms with Crippen molar-refractivity contribution in [1.82, 2.24) is 4.90 Å². The van der Waals surface area contributed by atoms with Crippen LogP contribution in [0.1, 0.15) is 39.2 Å². The van der Waals surface area contributed by atoms with Crippen molar-refractivity contribution in [2.75, 3.05) is 13.2 Å². The van der Waals surface area contributed by atoms with Crippen LogP contribution in [0.2, 0.25) is 0 Å². The quantitative estimate of drug-likeness (QED) is 0.570. The molecular formula is C24H26N2O4. The van der Waals surface area contributed by atoms with E-state index in [-0.39, 0.29) is 36.5 Å². The van der Waals surface area contributed by atoms with Gasteiger partial charge in [0.2, 0.25) is 0 Å². The molecule has 6 heteroatoms.